The van der Waals surface area contributed by atoms with E-state index in [1.165, 1.54) is 5.56 Å². The van der Waals surface area contributed by atoms with E-state index in [1.54, 1.807) is 7.11 Å². The van der Waals surface area contributed by atoms with Crippen LogP contribution in [0.25, 0.3) is 0 Å². The van der Waals surface area contributed by atoms with Crippen LogP contribution in [0.3, 0.4) is 0 Å². The van der Waals surface area contributed by atoms with Crippen LogP contribution in [-0.4, -0.2) is 38.0 Å². The fraction of sp³-hybridized carbons (Fsp3) is 0.562. The monoisotopic (exact) mass is 278 g/mol. The summed E-state index contributed by atoms with van der Waals surface area (Å²) in [4.78, 5) is 11.7. The highest BCUT2D eigenvalue weighted by atomic mass is 16.5. The largest absolute Gasteiger partial charge is 0.481 e. The highest BCUT2D eigenvalue weighted by Gasteiger charge is 2.40. The van der Waals surface area contributed by atoms with E-state index in [9.17, 15) is 9.90 Å². The maximum absolute atomic E-state index is 11.7. The number of aliphatic carboxylic acids is 1. The molecule has 4 heteroatoms. The zero-order valence-corrected chi connectivity index (χ0v) is 11.9. The lowest BCUT2D eigenvalue weighted by atomic mass is 9.70. The minimum absolute atomic E-state index is 0.470. The van der Waals surface area contributed by atoms with Gasteiger partial charge in [-0.1, -0.05) is 24.3 Å². The molecule has 4 nitrogen and oxygen atoms in total. The molecule has 2 rings (SSSR count). The number of benzene rings is 1. The van der Waals surface area contributed by atoms with E-state index >= 15 is 0 Å². The van der Waals surface area contributed by atoms with Gasteiger partial charge in [-0.15, -0.1) is 0 Å². The zero-order valence-electron chi connectivity index (χ0n) is 11.9. The molecule has 1 aliphatic carbocycles. The number of rotatable bonds is 7. The summed E-state index contributed by atoms with van der Waals surface area (Å²) in [6.07, 6.45) is 2.68. The zero-order chi connectivity index (χ0) is 14.4. The second-order valence-electron chi connectivity index (χ2n) is 5.39. The third kappa shape index (κ3) is 3.38. The SMILES string of the molecule is COCCOCCC1(C(=O)O)CCc2ccccc2C1. The van der Waals surface area contributed by atoms with Crippen LogP contribution < -0.4 is 0 Å². The Morgan fingerprint density at radius 1 is 1.25 bits per heavy atom. The molecule has 1 aromatic carbocycles. The summed E-state index contributed by atoms with van der Waals surface area (Å²) < 4.78 is 10.4. The van der Waals surface area contributed by atoms with E-state index in [1.807, 2.05) is 18.2 Å². The van der Waals surface area contributed by atoms with Gasteiger partial charge >= 0.3 is 5.97 Å². The first kappa shape index (κ1) is 15.0. The maximum Gasteiger partial charge on any atom is 0.310 e. The molecule has 0 bridgehead atoms. The molecule has 0 aliphatic heterocycles. The van der Waals surface area contributed by atoms with Crippen LogP contribution in [0.2, 0.25) is 0 Å². The average molecular weight is 278 g/mol. The van der Waals surface area contributed by atoms with Crippen LogP contribution in [-0.2, 0) is 27.1 Å². The second-order valence-corrected chi connectivity index (χ2v) is 5.39. The highest BCUT2D eigenvalue weighted by molar-refractivity contribution is 5.75. The van der Waals surface area contributed by atoms with Gasteiger partial charge in [-0.05, 0) is 36.8 Å². The van der Waals surface area contributed by atoms with Crippen LogP contribution in [0.1, 0.15) is 24.0 Å². The quantitative estimate of drug-likeness (QED) is 0.778. The fourth-order valence-electron chi connectivity index (χ4n) is 2.82. The molecule has 110 valence electrons. The summed E-state index contributed by atoms with van der Waals surface area (Å²) in [6.45, 7) is 1.53. The molecule has 0 radical (unpaired) electrons. The first-order chi connectivity index (χ1) is 9.68. The topological polar surface area (TPSA) is 55.8 Å². The number of carboxylic acids is 1. The molecule has 0 fully saturated rings. The van der Waals surface area contributed by atoms with E-state index in [0.717, 1.165) is 12.0 Å². The second kappa shape index (κ2) is 6.86. The van der Waals surface area contributed by atoms with Gasteiger partial charge in [-0.25, -0.2) is 0 Å². The number of carbonyl (C=O) groups is 1. The molecule has 1 aliphatic rings. The molecule has 0 saturated heterocycles. The summed E-state index contributed by atoms with van der Waals surface area (Å²) in [5.41, 5.74) is 1.77. The van der Waals surface area contributed by atoms with E-state index in [0.29, 0.717) is 39.1 Å². The Morgan fingerprint density at radius 3 is 2.70 bits per heavy atom. The predicted molar refractivity (Wildman–Crippen MR) is 75.8 cm³/mol. The van der Waals surface area contributed by atoms with Crippen LogP contribution in [0.15, 0.2) is 24.3 Å². The van der Waals surface area contributed by atoms with E-state index in [4.69, 9.17) is 9.47 Å². The predicted octanol–water partition coefficient (Wildman–Crippen LogP) is 2.30. The molecule has 20 heavy (non-hydrogen) atoms. The van der Waals surface area contributed by atoms with Crippen molar-refractivity contribution in [2.24, 2.45) is 5.41 Å². The van der Waals surface area contributed by atoms with Crippen LogP contribution in [0.4, 0.5) is 0 Å². The first-order valence-electron chi connectivity index (χ1n) is 7.05. The molecule has 1 N–H and O–H groups in total. The van der Waals surface area contributed by atoms with Gasteiger partial charge in [0.1, 0.15) is 0 Å². The van der Waals surface area contributed by atoms with Gasteiger partial charge in [0.05, 0.1) is 18.6 Å². The van der Waals surface area contributed by atoms with E-state index in [-0.39, 0.29) is 0 Å². The smallest absolute Gasteiger partial charge is 0.310 e. The van der Waals surface area contributed by atoms with Crippen molar-refractivity contribution in [3.63, 3.8) is 0 Å². The summed E-state index contributed by atoms with van der Waals surface area (Å²) in [6, 6.07) is 8.13. The number of methoxy groups -OCH3 is 1. The molecule has 0 saturated carbocycles. The lowest BCUT2D eigenvalue weighted by Crippen LogP contribution is -2.38. The van der Waals surface area contributed by atoms with Crippen LogP contribution in [0.5, 0.6) is 0 Å². The molecular weight excluding hydrogens is 256 g/mol. The Morgan fingerprint density at radius 2 is 2.00 bits per heavy atom. The van der Waals surface area contributed by atoms with Gasteiger partial charge in [0.15, 0.2) is 0 Å². The van der Waals surface area contributed by atoms with Gasteiger partial charge < -0.3 is 14.6 Å². The summed E-state index contributed by atoms with van der Waals surface area (Å²) in [5, 5.41) is 9.64. The van der Waals surface area contributed by atoms with Crippen molar-refractivity contribution < 1.29 is 19.4 Å². The van der Waals surface area contributed by atoms with Crippen molar-refractivity contribution in [2.45, 2.75) is 25.7 Å². The number of ether oxygens (including phenoxy) is 2. The number of hydrogen-bond donors (Lipinski definition) is 1. The Hall–Kier alpha value is -1.39. The Bertz CT molecular complexity index is 458. The maximum atomic E-state index is 11.7. The van der Waals surface area contributed by atoms with Crippen molar-refractivity contribution in [3.05, 3.63) is 35.4 Å². The lowest BCUT2D eigenvalue weighted by Gasteiger charge is -2.34. The molecule has 1 aromatic rings. The Balaban J connectivity index is 1.99. The number of fused-ring (bicyclic) bond motifs is 1. The minimum atomic E-state index is -0.706. The van der Waals surface area contributed by atoms with Crippen LogP contribution >= 0.6 is 0 Å². The molecular formula is C16H22O4. The summed E-state index contributed by atoms with van der Waals surface area (Å²) >= 11 is 0. The van der Waals surface area contributed by atoms with Crippen molar-refractivity contribution in [1.29, 1.82) is 0 Å². The third-order valence-corrected chi connectivity index (χ3v) is 4.13. The first-order valence-corrected chi connectivity index (χ1v) is 7.05. The highest BCUT2D eigenvalue weighted by Crippen LogP contribution is 2.38. The van der Waals surface area contributed by atoms with E-state index in [2.05, 4.69) is 6.07 Å². The minimum Gasteiger partial charge on any atom is -0.481 e. The molecule has 1 unspecified atom stereocenters. The van der Waals surface area contributed by atoms with E-state index < -0.39 is 11.4 Å². The van der Waals surface area contributed by atoms with Crippen molar-refractivity contribution in [2.75, 3.05) is 26.9 Å². The molecule has 0 aromatic heterocycles. The average Bonchev–Trinajstić information content (AvgIpc) is 2.46. The Labute approximate surface area is 119 Å². The number of carboxylic acid groups (broad SMARTS) is 1. The molecule has 0 spiro atoms. The molecule has 0 heterocycles. The van der Waals surface area contributed by atoms with Crippen molar-refractivity contribution >= 4 is 5.97 Å². The third-order valence-electron chi connectivity index (χ3n) is 4.13. The molecule has 0 amide bonds. The Kier molecular flexibility index (Phi) is 5.15. The standard InChI is InChI=1S/C16H22O4/c1-19-10-11-20-9-8-16(15(17)18)7-6-13-4-2-3-5-14(13)12-16/h2-5H,6-12H2,1H3,(H,17,18). The number of aryl methyl sites for hydroxylation is 1. The van der Waals surface area contributed by atoms with Gasteiger partial charge in [0.2, 0.25) is 0 Å². The van der Waals surface area contributed by atoms with Gasteiger partial charge in [-0.2, -0.15) is 0 Å². The van der Waals surface area contributed by atoms with Gasteiger partial charge in [0.25, 0.3) is 0 Å². The van der Waals surface area contributed by atoms with Gasteiger partial charge in [0, 0.05) is 13.7 Å². The normalized spacial score (nSPS) is 21.4. The van der Waals surface area contributed by atoms with Crippen molar-refractivity contribution in [1.82, 2.24) is 0 Å². The number of hydrogen-bond acceptors (Lipinski definition) is 3. The molecule has 1 atom stereocenters. The lowest BCUT2D eigenvalue weighted by molar-refractivity contribution is -0.151. The summed E-state index contributed by atoms with van der Waals surface area (Å²) in [7, 11) is 1.63. The van der Waals surface area contributed by atoms with Crippen molar-refractivity contribution in [3.8, 4) is 0 Å². The fourth-order valence-corrected chi connectivity index (χ4v) is 2.82. The van der Waals surface area contributed by atoms with Gasteiger partial charge in [-0.3, -0.25) is 4.79 Å². The van der Waals surface area contributed by atoms with Crippen LogP contribution in [0, 0.1) is 5.41 Å². The summed E-state index contributed by atoms with van der Waals surface area (Å²) in [5.74, 6) is -0.706.